The van der Waals surface area contributed by atoms with Gasteiger partial charge in [0.1, 0.15) is 6.33 Å². The number of rotatable bonds is 3. The number of imidazole rings is 1. The van der Waals surface area contributed by atoms with Gasteiger partial charge in [-0.3, -0.25) is 4.57 Å². The van der Waals surface area contributed by atoms with Gasteiger partial charge >= 0.3 is 0 Å². The van der Waals surface area contributed by atoms with Crippen LogP contribution in [0.1, 0.15) is 0 Å². The molecule has 2 heteroatoms. The van der Waals surface area contributed by atoms with Crippen LogP contribution in [0, 0.1) is 0 Å². The largest absolute Gasteiger partial charge is 0.298 e. The second-order valence-electron chi connectivity index (χ2n) is 5.38. The summed E-state index contributed by atoms with van der Waals surface area (Å²) < 4.78 is 2.15. The molecular weight excluding hydrogens is 280 g/mol. The summed E-state index contributed by atoms with van der Waals surface area (Å²) in [5.41, 5.74) is 5.51. The van der Waals surface area contributed by atoms with E-state index in [1.807, 2.05) is 48.8 Å². The minimum atomic E-state index is 1.00. The molecule has 0 aliphatic heterocycles. The number of aromatic nitrogens is 2. The topological polar surface area (TPSA) is 17.8 Å². The van der Waals surface area contributed by atoms with Crippen molar-refractivity contribution in [2.75, 3.05) is 0 Å². The molecule has 0 unspecified atom stereocenters. The van der Waals surface area contributed by atoms with Crippen molar-refractivity contribution in [3.63, 3.8) is 0 Å². The van der Waals surface area contributed by atoms with Crippen LogP contribution in [-0.2, 0) is 0 Å². The van der Waals surface area contributed by atoms with Crippen LogP contribution in [0.15, 0.2) is 97.3 Å². The quantitative estimate of drug-likeness (QED) is 0.507. The second-order valence-corrected chi connectivity index (χ2v) is 5.38. The zero-order valence-electron chi connectivity index (χ0n) is 12.6. The third kappa shape index (κ3) is 2.55. The number of hydrogen-bond donors (Lipinski definition) is 0. The molecule has 0 saturated carbocycles. The summed E-state index contributed by atoms with van der Waals surface area (Å²) in [7, 11) is 0. The summed E-state index contributed by atoms with van der Waals surface area (Å²) in [6.07, 6.45) is 1.90. The molecule has 0 N–H and O–H groups in total. The van der Waals surface area contributed by atoms with Gasteiger partial charge in [0.2, 0.25) is 0 Å². The summed E-state index contributed by atoms with van der Waals surface area (Å²) in [5.74, 6) is 0. The van der Waals surface area contributed by atoms with Crippen molar-refractivity contribution in [1.29, 1.82) is 0 Å². The lowest BCUT2D eigenvalue weighted by Crippen LogP contribution is -1.95. The first kappa shape index (κ1) is 13.5. The Balaban J connectivity index is 1.97. The van der Waals surface area contributed by atoms with E-state index in [-0.39, 0.29) is 0 Å². The van der Waals surface area contributed by atoms with Gasteiger partial charge in [0, 0.05) is 16.8 Å². The van der Waals surface area contributed by atoms with E-state index in [4.69, 9.17) is 4.98 Å². The van der Waals surface area contributed by atoms with Crippen LogP contribution in [0.2, 0.25) is 0 Å². The molecule has 0 radical (unpaired) electrons. The molecule has 0 aliphatic carbocycles. The van der Waals surface area contributed by atoms with Gasteiger partial charge in [0.05, 0.1) is 11.4 Å². The fourth-order valence-corrected chi connectivity index (χ4v) is 2.81. The average molecular weight is 296 g/mol. The van der Waals surface area contributed by atoms with Crippen LogP contribution in [0.25, 0.3) is 28.2 Å². The van der Waals surface area contributed by atoms with E-state index in [2.05, 4.69) is 53.1 Å². The molecule has 0 bridgehead atoms. The van der Waals surface area contributed by atoms with Gasteiger partial charge in [0.25, 0.3) is 0 Å². The smallest absolute Gasteiger partial charge is 0.100 e. The number of nitrogens with zero attached hydrogens (tertiary/aromatic N) is 2. The van der Waals surface area contributed by atoms with E-state index in [9.17, 15) is 0 Å². The van der Waals surface area contributed by atoms with E-state index in [1.54, 1.807) is 0 Å². The maximum atomic E-state index is 4.70. The Bertz CT molecular complexity index is 838. The fourth-order valence-electron chi connectivity index (χ4n) is 2.81. The first-order valence-electron chi connectivity index (χ1n) is 7.67. The van der Waals surface area contributed by atoms with E-state index in [0.717, 1.165) is 28.2 Å². The first-order chi connectivity index (χ1) is 11.4. The highest BCUT2D eigenvalue weighted by Crippen LogP contribution is 2.32. The molecule has 0 saturated heterocycles. The van der Waals surface area contributed by atoms with Crippen LogP contribution in [-0.4, -0.2) is 9.55 Å². The SMILES string of the molecule is c1ccc(-c2ncn(-c3ccccc3)c2-c2ccccc2)cc1. The standard InChI is InChI=1S/C21H16N2/c1-4-10-17(11-5-1)20-21(18-12-6-2-7-13-18)23(16-22-20)19-14-8-3-9-15-19/h1-16H. The molecule has 0 aliphatic rings. The van der Waals surface area contributed by atoms with Gasteiger partial charge in [-0.05, 0) is 12.1 Å². The molecule has 0 spiro atoms. The predicted octanol–water partition coefficient (Wildman–Crippen LogP) is 5.21. The summed E-state index contributed by atoms with van der Waals surface area (Å²) in [5, 5.41) is 0. The molecule has 4 rings (SSSR count). The van der Waals surface area contributed by atoms with Gasteiger partial charge in [-0.25, -0.2) is 4.98 Å². The highest BCUT2D eigenvalue weighted by atomic mass is 15.1. The Hall–Kier alpha value is -3.13. The molecule has 0 fully saturated rings. The normalized spacial score (nSPS) is 10.6. The number of para-hydroxylation sites is 1. The first-order valence-corrected chi connectivity index (χ1v) is 7.67. The monoisotopic (exact) mass is 296 g/mol. The summed E-state index contributed by atoms with van der Waals surface area (Å²) in [4.78, 5) is 4.70. The highest BCUT2D eigenvalue weighted by Gasteiger charge is 2.15. The van der Waals surface area contributed by atoms with Crippen molar-refractivity contribution in [3.05, 3.63) is 97.3 Å². The van der Waals surface area contributed by atoms with Crippen molar-refractivity contribution in [2.45, 2.75) is 0 Å². The predicted molar refractivity (Wildman–Crippen MR) is 94.4 cm³/mol. The Morgan fingerprint density at radius 3 is 1.70 bits per heavy atom. The van der Waals surface area contributed by atoms with E-state index in [0.29, 0.717) is 0 Å². The van der Waals surface area contributed by atoms with Crippen LogP contribution in [0.4, 0.5) is 0 Å². The van der Waals surface area contributed by atoms with Gasteiger partial charge in [-0.1, -0.05) is 78.9 Å². The van der Waals surface area contributed by atoms with E-state index >= 15 is 0 Å². The van der Waals surface area contributed by atoms with Crippen LogP contribution >= 0.6 is 0 Å². The van der Waals surface area contributed by atoms with Gasteiger partial charge < -0.3 is 0 Å². The third-order valence-electron chi connectivity index (χ3n) is 3.90. The molecule has 0 atom stereocenters. The minimum Gasteiger partial charge on any atom is -0.298 e. The maximum absolute atomic E-state index is 4.70. The molecular formula is C21H16N2. The van der Waals surface area contributed by atoms with Crippen LogP contribution < -0.4 is 0 Å². The van der Waals surface area contributed by atoms with Gasteiger partial charge in [0.15, 0.2) is 0 Å². The van der Waals surface area contributed by atoms with Crippen molar-refractivity contribution >= 4 is 0 Å². The van der Waals surface area contributed by atoms with Crippen molar-refractivity contribution in [1.82, 2.24) is 9.55 Å². The zero-order chi connectivity index (χ0) is 15.5. The van der Waals surface area contributed by atoms with Crippen molar-refractivity contribution in [3.8, 4) is 28.2 Å². The van der Waals surface area contributed by atoms with Crippen molar-refractivity contribution < 1.29 is 0 Å². The molecule has 4 aromatic rings. The number of benzene rings is 3. The Morgan fingerprint density at radius 1 is 0.565 bits per heavy atom. The second kappa shape index (κ2) is 5.93. The van der Waals surface area contributed by atoms with Gasteiger partial charge in [-0.2, -0.15) is 0 Å². The molecule has 23 heavy (non-hydrogen) atoms. The zero-order valence-corrected chi connectivity index (χ0v) is 12.6. The Kier molecular flexibility index (Phi) is 3.49. The Labute approximate surface area is 135 Å². The molecule has 110 valence electrons. The van der Waals surface area contributed by atoms with E-state index in [1.165, 1.54) is 0 Å². The number of hydrogen-bond acceptors (Lipinski definition) is 1. The minimum absolute atomic E-state index is 1.00. The van der Waals surface area contributed by atoms with Gasteiger partial charge in [-0.15, -0.1) is 0 Å². The molecule has 2 nitrogen and oxygen atoms in total. The average Bonchev–Trinajstić information content (AvgIpc) is 3.09. The highest BCUT2D eigenvalue weighted by molar-refractivity contribution is 5.79. The lowest BCUT2D eigenvalue weighted by Gasteiger charge is -2.10. The summed E-state index contributed by atoms with van der Waals surface area (Å²) in [6, 6.07) is 31.1. The van der Waals surface area contributed by atoms with Crippen LogP contribution in [0.3, 0.4) is 0 Å². The molecule has 1 aromatic heterocycles. The third-order valence-corrected chi connectivity index (χ3v) is 3.90. The lowest BCUT2D eigenvalue weighted by atomic mass is 10.0. The van der Waals surface area contributed by atoms with E-state index < -0.39 is 0 Å². The lowest BCUT2D eigenvalue weighted by molar-refractivity contribution is 1.06. The summed E-state index contributed by atoms with van der Waals surface area (Å²) in [6.45, 7) is 0. The Morgan fingerprint density at radius 2 is 1.09 bits per heavy atom. The maximum Gasteiger partial charge on any atom is 0.100 e. The molecule has 0 amide bonds. The van der Waals surface area contributed by atoms with Crippen molar-refractivity contribution in [2.24, 2.45) is 0 Å². The summed E-state index contributed by atoms with van der Waals surface area (Å²) >= 11 is 0. The molecule has 3 aromatic carbocycles. The van der Waals surface area contributed by atoms with Crippen LogP contribution in [0.5, 0.6) is 0 Å². The molecule has 1 heterocycles. The fraction of sp³-hybridized carbons (Fsp3) is 0.